The Kier molecular flexibility index (Phi) is 5.37. The summed E-state index contributed by atoms with van der Waals surface area (Å²) < 4.78 is 33.6. The molecule has 3 rings (SSSR count). The summed E-state index contributed by atoms with van der Waals surface area (Å²) in [5, 5.41) is 3.35. The third-order valence-electron chi connectivity index (χ3n) is 4.10. The molecule has 0 unspecified atom stereocenters. The third kappa shape index (κ3) is 4.63. The van der Waals surface area contributed by atoms with Crippen molar-refractivity contribution >= 4 is 10.0 Å². The molecule has 2 aromatic rings. The van der Waals surface area contributed by atoms with Crippen molar-refractivity contribution in [2.75, 3.05) is 6.61 Å². The lowest BCUT2D eigenvalue weighted by molar-refractivity contribution is 0.357. The lowest BCUT2D eigenvalue weighted by Crippen LogP contribution is -2.40. The minimum Gasteiger partial charge on any atom is -0.493 e. The zero-order valence-electron chi connectivity index (χ0n) is 15.5. The molecule has 0 saturated carbocycles. The highest BCUT2D eigenvalue weighted by molar-refractivity contribution is 7.89. The Hall–Kier alpha value is -1.89. The Balaban J connectivity index is 1.69. The number of hydrogen-bond donors (Lipinski definition) is 2. The van der Waals surface area contributed by atoms with E-state index in [0.29, 0.717) is 18.0 Å². The van der Waals surface area contributed by atoms with Crippen molar-refractivity contribution in [1.82, 2.24) is 10.0 Å². The van der Waals surface area contributed by atoms with Gasteiger partial charge in [0.05, 0.1) is 11.5 Å². The molecular weight excluding hydrogens is 348 g/mol. The Morgan fingerprint density at radius 2 is 1.85 bits per heavy atom. The molecule has 1 aliphatic rings. The van der Waals surface area contributed by atoms with Crippen LogP contribution in [0.2, 0.25) is 0 Å². The Morgan fingerprint density at radius 3 is 2.62 bits per heavy atom. The zero-order chi connectivity index (χ0) is 18.8. The molecule has 0 atom stereocenters. The average molecular weight is 375 g/mol. The van der Waals surface area contributed by atoms with Gasteiger partial charge in [0.15, 0.2) is 0 Å². The molecule has 1 aliphatic heterocycles. The van der Waals surface area contributed by atoms with Crippen molar-refractivity contribution in [3.05, 3.63) is 59.2 Å². The molecular formula is C20H26N2O3S. The minimum absolute atomic E-state index is 0.324. The second kappa shape index (κ2) is 7.39. The molecule has 0 spiro atoms. The van der Waals surface area contributed by atoms with Gasteiger partial charge in [-0.3, -0.25) is 0 Å². The molecule has 0 saturated heterocycles. The fourth-order valence-electron chi connectivity index (χ4n) is 3.06. The van der Waals surface area contributed by atoms with E-state index in [1.807, 2.05) is 45.0 Å². The Bertz CT molecular complexity index is 886. The molecule has 0 amide bonds. The van der Waals surface area contributed by atoms with E-state index in [9.17, 15) is 8.42 Å². The fourth-order valence-corrected chi connectivity index (χ4v) is 4.72. The molecule has 0 radical (unpaired) electrons. The van der Waals surface area contributed by atoms with E-state index >= 15 is 0 Å². The summed E-state index contributed by atoms with van der Waals surface area (Å²) in [6, 6.07) is 13.3. The third-order valence-corrected chi connectivity index (χ3v) is 5.96. The van der Waals surface area contributed by atoms with E-state index in [-0.39, 0.29) is 0 Å². The van der Waals surface area contributed by atoms with E-state index in [0.717, 1.165) is 24.3 Å². The summed E-state index contributed by atoms with van der Waals surface area (Å²) in [6.45, 7) is 7.41. The molecule has 0 fully saturated rings. The van der Waals surface area contributed by atoms with Crippen LogP contribution in [0.3, 0.4) is 0 Å². The van der Waals surface area contributed by atoms with Crippen LogP contribution in [0.5, 0.6) is 5.75 Å². The predicted octanol–water partition coefficient (Wildman–Crippen LogP) is 2.99. The van der Waals surface area contributed by atoms with Gasteiger partial charge in [-0.05, 0) is 49.6 Å². The topological polar surface area (TPSA) is 67.4 Å². The lowest BCUT2D eigenvalue weighted by Gasteiger charge is -2.21. The molecule has 26 heavy (non-hydrogen) atoms. The second-order valence-corrected chi connectivity index (χ2v) is 9.26. The van der Waals surface area contributed by atoms with Crippen LogP contribution in [0.1, 0.15) is 37.5 Å². The van der Waals surface area contributed by atoms with E-state index in [1.54, 1.807) is 12.1 Å². The first-order chi connectivity index (χ1) is 12.2. The van der Waals surface area contributed by atoms with E-state index < -0.39 is 15.6 Å². The van der Waals surface area contributed by atoms with Gasteiger partial charge >= 0.3 is 0 Å². The number of sulfonamides is 1. The van der Waals surface area contributed by atoms with Crippen LogP contribution in [-0.4, -0.2) is 20.6 Å². The van der Waals surface area contributed by atoms with Gasteiger partial charge in [0, 0.05) is 25.0 Å². The van der Waals surface area contributed by atoms with Gasteiger partial charge in [0.25, 0.3) is 0 Å². The molecule has 0 bridgehead atoms. The maximum atomic E-state index is 12.7. The summed E-state index contributed by atoms with van der Waals surface area (Å²) >= 11 is 0. The van der Waals surface area contributed by atoms with Crippen LogP contribution < -0.4 is 14.8 Å². The number of nitrogens with one attached hydrogen (secondary N) is 2. The van der Waals surface area contributed by atoms with Gasteiger partial charge in [-0.25, -0.2) is 13.1 Å². The molecule has 6 heteroatoms. The minimum atomic E-state index is -3.56. The number of benzene rings is 2. The van der Waals surface area contributed by atoms with Crippen molar-refractivity contribution in [2.24, 2.45) is 0 Å². The first-order valence-electron chi connectivity index (χ1n) is 8.82. The molecule has 0 aliphatic carbocycles. The van der Waals surface area contributed by atoms with Crippen molar-refractivity contribution in [1.29, 1.82) is 0 Å². The van der Waals surface area contributed by atoms with E-state index in [4.69, 9.17) is 4.74 Å². The molecule has 2 N–H and O–H groups in total. The van der Waals surface area contributed by atoms with Crippen LogP contribution in [-0.2, 0) is 29.5 Å². The summed E-state index contributed by atoms with van der Waals surface area (Å²) in [7, 11) is -3.56. The first kappa shape index (κ1) is 18.9. The van der Waals surface area contributed by atoms with Crippen molar-refractivity contribution in [3.8, 4) is 5.75 Å². The van der Waals surface area contributed by atoms with Gasteiger partial charge in [0.2, 0.25) is 10.0 Å². The van der Waals surface area contributed by atoms with Gasteiger partial charge in [-0.15, -0.1) is 0 Å². The van der Waals surface area contributed by atoms with E-state index in [2.05, 4.69) is 16.1 Å². The van der Waals surface area contributed by atoms with Crippen LogP contribution in [0.25, 0.3) is 0 Å². The highest BCUT2D eigenvalue weighted by atomic mass is 32.2. The molecule has 140 valence electrons. The standard InChI is InChI=1S/C20H26N2O3S/c1-20(2,3)22-26(23,24)19-7-5-4-6-17(19)14-21-13-15-8-9-18-16(12-15)10-11-25-18/h4-9,12,21-22H,10-11,13-14H2,1-3H3. The van der Waals surface area contributed by atoms with Crippen LogP contribution in [0.15, 0.2) is 47.4 Å². The van der Waals surface area contributed by atoms with Crippen molar-refractivity contribution in [3.63, 3.8) is 0 Å². The molecule has 0 aromatic heterocycles. The maximum absolute atomic E-state index is 12.7. The zero-order valence-corrected chi connectivity index (χ0v) is 16.3. The van der Waals surface area contributed by atoms with Gasteiger partial charge in [0.1, 0.15) is 5.75 Å². The average Bonchev–Trinajstić information content (AvgIpc) is 3.01. The van der Waals surface area contributed by atoms with Crippen LogP contribution in [0, 0.1) is 0 Å². The highest BCUT2D eigenvalue weighted by Gasteiger charge is 2.24. The summed E-state index contributed by atoms with van der Waals surface area (Å²) in [6.07, 6.45) is 0.947. The normalized spacial score (nSPS) is 14.1. The van der Waals surface area contributed by atoms with Gasteiger partial charge in [-0.1, -0.05) is 30.3 Å². The monoisotopic (exact) mass is 374 g/mol. The molecule has 5 nitrogen and oxygen atoms in total. The molecule has 1 heterocycles. The quantitative estimate of drug-likeness (QED) is 0.816. The predicted molar refractivity (Wildman–Crippen MR) is 103 cm³/mol. The van der Waals surface area contributed by atoms with Gasteiger partial charge in [-0.2, -0.15) is 0 Å². The van der Waals surface area contributed by atoms with Crippen LogP contribution >= 0.6 is 0 Å². The largest absolute Gasteiger partial charge is 0.493 e. The van der Waals surface area contributed by atoms with Crippen molar-refractivity contribution in [2.45, 2.75) is 50.7 Å². The smallest absolute Gasteiger partial charge is 0.241 e. The molecule has 2 aromatic carbocycles. The Labute approximate surface area is 155 Å². The van der Waals surface area contributed by atoms with Crippen molar-refractivity contribution < 1.29 is 13.2 Å². The highest BCUT2D eigenvalue weighted by Crippen LogP contribution is 2.26. The van der Waals surface area contributed by atoms with E-state index in [1.165, 1.54) is 11.1 Å². The lowest BCUT2D eigenvalue weighted by atomic mass is 10.1. The van der Waals surface area contributed by atoms with Gasteiger partial charge < -0.3 is 10.1 Å². The summed E-state index contributed by atoms with van der Waals surface area (Å²) in [4.78, 5) is 0.324. The van der Waals surface area contributed by atoms with Crippen LogP contribution in [0.4, 0.5) is 0 Å². The second-order valence-electron chi connectivity index (χ2n) is 7.61. The fraction of sp³-hybridized carbons (Fsp3) is 0.400. The number of ether oxygens (including phenoxy) is 1. The number of fused-ring (bicyclic) bond motifs is 1. The first-order valence-corrected chi connectivity index (χ1v) is 10.3. The number of rotatable bonds is 6. The SMILES string of the molecule is CC(C)(C)NS(=O)(=O)c1ccccc1CNCc1ccc2c(c1)CCO2. The maximum Gasteiger partial charge on any atom is 0.241 e. The number of hydrogen-bond acceptors (Lipinski definition) is 4. The Morgan fingerprint density at radius 1 is 1.08 bits per heavy atom. The summed E-state index contributed by atoms with van der Waals surface area (Å²) in [5.74, 6) is 0.971. The summed E-state index contributed by atoms with van der Waals surface area (Å²) in [5.41, 5.74) is 2.64.